The van der Waals surface area contributed by atoms with Gasteiger partial charge in [-0.3, -0.25) is 0 Å². The van der Waals surface area contributed by atoms with Crippen molar-refractivity contribution in [2.75, 3.05) is 0 Å². The highest BCUT2D eigenvalue weighted by Gasteiger charge is 1.85. The predicted molar refractivity (Wildman–Crippen MR) is 39.1 cm³/mol. The van der Waals surface area contributed by atoms with Gasteiger partial charge in [-0.15, -0.1) is 0 Å². The molecule has 0 radical (unpaired) electrons. The summed E-state index contributed by atoms with van der Waals surface area (Å²) in [4.78, 5) is 0. The van der Waals surface area contributed by atoms with Crippen LogP contribution in [0.5, 0.6) is 0 Å². The first kappa shape index (κ1) is 5.00. The van der Waals surface area contributed by atoms with Crippen molar-refractivity contribution in [3.05, 3.63) is 35.4 Å². The molecule has 0 aromatic heterocycles. The molecule has 48 valence electrons. The van der Waals surface area contributed by atoms with Gasteiger partial charge in [0, 0.05) is 7.89 Å². The lowest BCUT2D eigenvalue weighted by atomic mass is 10.1. The minimum atomic E-state index is -0.597. The molecule has 0 bridgehead atoms. The summed E-state index contributed by atoms with van der Waals surface area (Å²) in [5, 5.41) is 0. The zero-order chi connectivity index (χ0) is 7.56. The summed E-state index contributed by atoms with van der Waals surface area (Å²) in [6.45, 7) is 1.39. The molecule has 9 heavy (non-hydrogen) atoms. The first-order valence-corrected chi connectivity index (χ1v) is 2.94. The molecule has 0 saturated carbocycles. The maximum absolute atomic E-state index is 7.19. The third-order valence-electron chi connectivity index (χ3n) is 1.23. The fourth-order valence-corrected chi connectivity index (χ4v) is 0.774. The van der Waals surface area contributed by atoms with Crippen molar-refractivity contribution >= 4 is 0 Å². The smallest absolute Gasteiger partial charge is 0.0477 e. The number of benzene rings is 1. The Morgan fingerprint density at radius 2 is 2.44 bits per heavy atom. The second kappa shape index (κ2) is 2.65. The Hall–Kier alpha value is -0.820. The van der Waals surface area contributed by atoms with Gasteiger partial charge in [0.25, 0.3) is 0 Å². The third kappa shape index (κ3) is 1.54. The standard InChI is InChI=1S/C8H11N/c1-7-3-2-4-8(5-7)6-9/h2-5H,6,9H2,1H3/i6D. The van der Waals surface area contributed by atoms with Crippen LogP contribution in [0.3, 0.4) is 0 Å². The minimum Gasteiger partial charge on any atom is -0.326 e. The van der Waals surface area contributed by atoms with Crippen LogP contribution in [0.25, 0.3) is 0 Å². The Morgan fingerprint density at radius 3 is 2.89 bits per heavy atom. The van der Waals surface area contributed by atoms with E-state index in [1.807, 2.05) is 31.2 Å². The van der Waals surface area contributed by atoms with Crippen LogP contribution in [-0.2, 0) is 6.52 Å². The maximum atomic E-state index is 7.19. The molecule has 1 aromatic carbocycles. The molecule has 0 aliphatic rings. The summed E-state index contributed by atoms with van der Waals surface area (Å²) in [7, 11) is 0. The summed E-state index contributed by atoms with van der Waals surface area (Å²) in [6, 6.07) is 7.70. The molecular formula is C8H11N. The van der Waals surface area contributed by atoms with Crippen LogP contribution < -0.4 is 5.73 Å². The molecule has 0 saturated heterocycles. The minimum absolute atomic E-state index is 0.597. The van der Waals surface area contributed by atoms with Crippen molar-refractivity contribution in [2.45, 2.75) is 13.4 Å². The predicted octanol–water partition coefficient (Wildman–Crippen LogP) is 1.45. The molecular weight excluding hydrogens is 110 g/mol. The zero-order valence-corrected chi connectivity index (χ0v) is 5.46. The van der Waals surface area contributed by atoms with Gasteiger partial charge in [0.05, 0.1) is 0 Å². The normalized spacial score (nSPS) is 14.7. The van der Waals surface area contributed by atoms with E-state index in [4.69, 9.17) is 7.10 Å². The number of aryl methyl sites for hydroxylation is 1. The number of hydrogen-bond acceptors (Lipinski definition) is 1. The molecule has 1 rings (SSSR count). The molecule has 1 nitrogen and oxygen atoms in total. The lowest BCUT2D eigenvalue weighted by Crippen LogP contribution is -1.95. The van der Waals surface area contributed by atoms with E-state index in [0.717, 1.165) is 11.1 Å². The van der Waals surface area contributed by atoms with Gasteiger partial charge in [0.15, 0.2) is 0 Å². The van der Waals surface area contributed by atoms with E-state index in [2.05, 4.69) is 0 Å². The van der Waals surface area contributed by atoms with Crippen molar-refractivity contribution in [3.8, 4) is 0 Å². The summed E-state index contributed by atoms with van der Waals surface area (Å²) < 4.78 is 7.19. The zero-order valence-electron chi connectivity index (χ0n) is 6.46. The van der Waals surface area contributed by atoms with Gasteiger partial charge in [-0.05, 0) is 12.5 Å². The van der Waals surface area contributed by atoms with Gasteiger partial charge in [-0.25, -0.2) is 0 Å². The van der Waals surface area contributed by atoms with Crippen LogP contribution in [0.4, 0.5) is 0 Å². The molecule has 0 aliphatic carbocycles. The van der Waals surface area contributed by atoms with Crippen LogP contribution in [0, 0.1) is 6.92 Å². The lowest BCUT2D eigenvalue weighted by molar-refractivity contribution is 1.07. The molecule has 0 amide bonds. The molecule has 1 unspecified atom stereocenters. The molecule has 1 aromatic rings. The Bertz CT molecular complexity index is 220. The highest BCUT2D eigenvalue weighted by atomic mass is 14.5. The van der Waals surface area contributed by atoms with Crippen LogP contribution in [0.2, 0.25) is 0 Å². The van der Waals surface area contributed by atoms with Gasteiger partial charge >= 0.3 is 0 Å². The average Bonchev–Trinajstić information content (AvgIpc) is 1.88. The fraction of sp³-hybridized carbons (Fsp3) is 0.250. The van der Waals surface area contributed by atoms with Crippen LogP contribution in [-0.4, -0.2) is 0 Å². The molecule has 2 N–H and O–H groups in total. The SMILES string of the molecule is [2H]C(N)c1cccc(C)c1. The van der Waals surface area contributed by atoms with Crippen LogP contribution >= 0.6 is 0 Å². The molecule has 1 heteroatoms. The lowest BCUT2D eigenvalue weighted by Gasteiger charge is -1.95. The topological polar surface area (TPSA) is 26.0 Å². The Kier molecular flexibility index (Phi) is 1.47. The second-order valence-corrected chi connectivity index (χ2v) is 2.08. The van der Waals surface area contributed by atoms with Gasteiger partial charge in [-0.2, -0.15) is 0 Å². The van der Waals surface area contributed by atoms with E-state index in [-0.39, 0.29) is 0 Å². The van der Waals surface area contributed by atoms with Gasteiger partial charge < -0.3 is 5.73 Å². The molecule has 0 fully saturated rings. The van der Waals surface area contributed by atoms with Gasteiger partial charge in [0.1, 0.15) is 0 Å². The summed E-state index contributed by atoms with van der Waals surface area (Å²) in [5.41, 5.74) is 7.38. The van der Waals surface area contributed by atoms with E-state index >= 15 is 0 Å². The van der Waals surface area contributed by atoms with E-state index < -0.39 is 6.52 Å². The van der Waals surface area contributed by atoms with Crippen molar-refractivity contribution in [1.82, 2.24) is 0 Å². The third-order valence-corrected chi connectivity index (χ3v) is 1.23. The largest absolute Gasteiger partial charge is 0.326 e. The fourth-order valence-electron chi connectivity index (χ4n) is 0.774. The summed E-state index contributed by atoms with van der Waals surface area (Å²) in [5.74, 6) is 0. The van der Waals surface area contributed by atoms with Gasteiger partial charge in [0.2, 0.25) is 0 Å². The Balaban J connectivity index is 2.96. The van der Waals surface area contributed by atoms with E-state index in [1.165, 1.54) is 0 Å². The number of nitrogens with two attached hydrogens (primary N) is 1. The van der Waals surface area contributed by atoms with E-state index in [9.17, 15) is 0 Å². The first-order valence-electron chi connectivity index (χ1n) is 3.52. The molecule has 0 heterocycles. The maximum Gasteiger partial charge on any atom is 0.0477 e. The van der Waals surface area contributed by atoms with Gasteiger partial charge in [-0.1, -0.05) is 29.8 Å². The average molecular weight is 122 g/mol. The second-order valence-electron chi connectivity index (χ2n) is 2.08. The van der Waals surface area contributed by atoms with Crippen molar-refractivity contribution in [3.63, 3.8) is 0 Å². The molecule has 0 aliphatic heterocycles. The Morgan fingerprint density at radius 1 is 1.67 bits per heavy atom. The monoisotopic (exact) mass is 122 g/mol. The number of hydrogen-bond donors (Lipinski definition) is 1. The van der Waals surface area contributed by atoms with Crippen molar-refractivity contribution < 1.29 is 1.37 Å². The van der Waals surface area contributed by atoms with E-state index in [0.29, 0.717) is 0 Å². The highest BCUT2D eigenvalue weighted by molar-refractivity contribution is 5.21. The number of rotatable bonds is 1. The summed E-state index contributed by atoms with van der Waals surface area (Å²) >= 11 is 0. The molecule has 0 spiro atoms. The quantitative estimate of drug-likeness (QED) is 0.599. The van der Waals surface area contributed by atoms with Crippen molar-refractivity contribution in [1.29, 1.82) is 0 Å². The first-order chi connectivity index (χ1) is 4.70. The van der Waals surface area contributed by atoms with Crippen molar-refractivity contribution in [2.24, 2.45) is 5.73 Å². The van der Waals surface area contributed by atoms with Crippen LogP contribution in [0.1, 0.15) is 12.5 Å². The summed E-state index contributed by atoms with van der Waals surface area (Å²) in [6.07, 6.45) is 0. The Labute approximate surface area is 56.9 Å². The molecule has 1 atom stereocenters. The van der Waals surface area contributed by atoms with E-state index in [1.54, 1.807) is 0 Å². The van der Waals surface area contributed by atoms with Crippen LogP contribution in [0.15, 0.2) is 24.3 Å². The highest BCUT2D eigenvalue weighted by Crippen LogP contribution is 2.01.